The smallest absolute Gasteiger partial charge is 0.132 e. The molecule has 1 fully saturated rings. The largest absolute Gasteiger partial charge is 0.383 e. The first-order valence-corrected chi connectivity index (χ1v) is 7.55. The summed E-state index contributed by atoms with van der Waals surface area (Å²) >= 11 is 0. The molecule has 0 bridgehead atoms. The molecular weight excluding hydrogens is 248 g/mol. The van der Waals surface area contributed by atoms with Crippen molar-refractivity contribution in [2.24, 2.45) is 5.92 Å². The number of pyridine rings is 1. The van der Waals surface area contributed by atoms with Crippen LogP contribution in [0.2, 0.25) is 0 Å². The van der Waals surface area contributed by atoms with Crippen LogP contribution in [0.5, 0.6) is 0 Å². The molecular formula is C16H22N4. The van der Waals surface area contributed by atoms with Gasteiger partial charge in [0, 0.05) is 18.3 Å². The highest BCUT2D eigenvalue weighted by Gasteiger charge is 2.15. The third kappa shape index (κ3) is 2.84. The Bertz CT molecular complexity index is 555. The van der Waals surface area contributed by atoms with Crippen molar-refractivity contribution in [3.8, 4) is 11.3 Å². The Morgan fingerprint density at radius 2 is 2.15 bits per heavy atom. The number of nitrogen functional groups attached to an aromatic ring is 1. The van der Waals surface area contributed by atoms with Gasteiger partial charge < -0.3 is 10.3 Å². The minimum absolute atomic E-state index is 0.574. The maximum atomic E-state index is 5.96. The molecule has 2 aromatic heterocycles. The molecule has 4 nitrogen and oxygen atoms in total. The number of hydrogen-bond donors (Lipinski definition) is 1. The summed E-state index contributed by atoms with van der Waals surface area (Å²) in [4.78, 5) is 8.43. The monoisotopic (exact) mass is 270 g/mol. The zero-order chi connectivity index (χ0) is 13.8. The number of nitrogens with zero attached hydrogens (tertiary/aromatic N) is 3. The molecule has 0 aromatic carbocycles. The lowest BCUT2D eigenvalue weighted by atomic mass is 10.0. The van der Waals surface area contributed by atoms with Gasteiger partial charge in [-0.1, -0.05) is 25.7 Å². The molecule has 106 valence electrons. The van der Waals surface area contributed by atoms with E-state index in [1.807, 2.05) is 24.7 Å². The van der Waals surface area contributed by atoms with Gasteiger partial charge >= 0.3 is 0 Å². The molecule has 3 rings (SSSR count). The number of imidazole rings is 1. The molecule has 2 N–H and O–H groups in total. The fourth-order valence-corrected chi connectivity index (χ4v) is 3.21. The average molecular weight is 270 g/mol. The standard InChI is InChI=1S/C16H22N4/c17-16-14(8-3-9-19-16)15-11-18-12-20(15)10-4-7-13-5-1-2-6-13/h3,8-9,11-13H,1-2,4-7,10H2,(H2,17,19). The van der Waals surface area contributed by atoms with Gasteiger partial charge in [-0.2, -0.15) is 0 Å². The summed E-state index contributed by atoms with van der Waals surface area (Å²) < 4.78 is 2.20. The van der Waals surface area contributed by atoms with E-state index >= 15 is 0 Å². The number of anilines is 1. The van der Waals surface area contributed by atoms with Crippen molar-refractivity contribution in [1.82, 2.24) is 14.5 Å². The maximum Gasteiger partial charge on any atom is 0.132 e. The van der Waals surface area contributed by atoms with Crippen molar-refractivity contribution in [1.29, 1.82) is 0 Å². The summed E-state index contributed by atoms with van der Waals surface area (Å²) in [5.41, 5.74) is 8.01. The SMILES string of the molecule is Nc1ncccc1-c1cncn1CCCC1CCCC1. The van der Waals surface area contributed by atoms with Gasteiger partial charge in [-0.25, -0.2) is 9.97 Å². The molecule has 1 aliphatic carbocycles. The maximum absolute atomic E-state index is 5.96. The van der Waals surface area contributed by atoms with Gasteiger partial charge in [-0.3, -0.25) is 0 Å². The van der Waals surface area contributed by atoms with E-state index < -0.39 is 0 Å². The van der Waals surface area contributed by atoms with Crippen LogP contribution in [0.3, 0.4) is 0 Å². The Labute approximate surface area is 120 Å². The Hall–Kier alpha value is -1.84. The highest BCUT2D eigenvalue weighted by atomic mass is 15.0. The van der Waals surface area contributed by atoms with Crippen LogP contribution in [0.25, 0.3) is 11.3 Å². The molecule has 0 spiro atoms. The van der Waals surface area contributed by atoms with E-state index in [1.165, 1.54) is 38.5 Å². The van der Waals surface area contributed by atoms with E-state index in [9.17, 15) is 0 Å². The topological polar surface area (TPSA) is 56.7 Å². The van der Waals surface area contributed by atoms with Gasteiger partial charge in [0.15, 0.2) is 0 Å². The van der Waals surface area contributed by atoms with E-state index in [0.29, 0.717) is 5.82 Å². The van der Waals surface area contributed by atoms with Gasteiger partial charge in [-0.15, -0.1) is 0 Å². The van der Waals surface area contributed by atoms with Crippen molar-refractivity contribution in [2.75, 3.05) is 5.73 Å². The van der Waals surface area contributed by atoms with E-state index in [2.05, 4.69) is 14.5 Å². The molecule has 0 radical (unpaired) electrons. The zero-order valence-corrected chi connectivity index (χ0v) is 11.8. The van der Waals surface area contributed by atoms with Gasteiger partial charge in [0.1, 0.15) is 5.82 Å². The fraction of sp³-hybridized carbons (Fsp3) is 0.500. The molecule has 0 amide bonds. The fourth-order valence-electron chi connectivity index (χ4n) is 3.21. The van der Waals surface area contributed by atoms with Gasteiger partial charge in [0.05, 0.1) is 18.2 Å². The van der Waals surface area contributed by atoms with E-state index in [-0.39, 0.29) is 0 Å². The molecule has 20 heavy (non-hydrogen) atoms. The second kappa shape index (κ2) is 6.07. The number of rotatable bonds is 5. The molecule has 0 atom stereocenters. The molecule has 0 unspecified atom stereocenters. The molecule has 4 heteroatoms. The predicted molar refractivity (Wildman–Crippen MR) is 81.1 cm³/mol. The highest BCUT2D eigenvalue weighted by molar-refractivity contribution is 5.70. The molecule has 0 saturated heterocycles. The van der Waals surface area contributed by atoms with Crippen LogP contribution >= 0.6 is 0 Å². The molecule has 1 saturated carbocycles. The second-order valence-corrected chi connectivity index (χ2v) is 5.70. The van der Waals surface area contributed by atoms with Crippen molar-refractivity contribution < 1.29 is 0 Å². The van der Waals surface area contributed by atoms with Crippen molar-refractivity contribution >= 4 is 5.82 Å². The van der Waals surface area contributed by atoms with Gasteiger partial charge in [0.2, 0.25) is 0 Å². The summed E-state index contributed by atoms with van der Waals surface area (Å²) in [6, 6.07) is 3.92. The minimum atomic E-state index is 0.574. The molecule has 0 aliphatic heterocycles. The summed E-state index contributed by atoms with van der Waals surface area (Å²) in [5.74, 6) is 1.52. The lowest BCUT2D eigenvalue weighted by molar-refractivity contribution is 0.459. The lowest BCUT2D eigenvalue weighted by Crippen LogP contribution is -2.03. The third-order valence-electron chi connectivity index (χ3n) is 4.31. The van der Waals surface area contributed by atoms with E-state index in [1.54, 1.807) is 6.20 Å². The summed E-state index contributed by atoms with van der Waals surface area (Å²) in [6.07, 6.45) is 13.7. The number of aromatic nitrogens is 3. The molecule has 2 heterocycles. The quantitative estimate of drug-likeness (QED) is 0.904. The van der Waals surface area contributed by atoms with E-state index in [0.717, 1.165) is 23.7 Å². The summed E-state index contributed by atoms with van der Waals surface area (Å²) in [6.45, 7) is 1.01. The Morgan fingerprint density at radius 3 is 2.95 bits per heavy atom. The average Bonchev–Trinajstić information content (AvgIpc) is 3.11. The molecule has 2 aromatic rings. The Kier molecular flexibility index (Phi) is 4.00. The number of nitrogens with two attached hydrogens (primary N) is 1. The van der Waals surface area contributed by atoms with Crippen LogP contribution in [-0.2, 0) is 6.54 Å². The Morgan fingerprint density at radius 1 is 1.30 bits per heavy atom. The first-order chi connectivity index (χ1) is 9.84. The van der Waals surface area contributed by atoms with Crippen LogP contribution in [0.15, 0.2) is 30.9 Å². The summed E-state index contributed by atoms with van der Waals surface area (Å²) in [7, 11) is 0. The van der Waals surface area contributed by atoms with Crippen molar-refractivity contribution in [2.45, 2.75) is 45.1 Å². The van der Waals surface area contributed by atoms with Crippen LogP contribution in [0.4, 0.5) is 5.82 Å². The number of hydrogen-bond acceptors (Lipinski definition) is 3. The molecule has 1 aliphatic rings. The first-order valence-electron chi connectivity index (χ1n) is 7.55. The second-order valence-electron chi connectivity index (χ2n) is 5.70. The van der Waals surface area contributed by atoms with Gasteiger partial charge in [-0.05, 0) is 30.9 Å². The van der Waals surface area contributed by atoms with E-state index in [4.69, 9.17) is 5.73 Å². The van der Waals surface area contributed by atoms with Gasteiger partial charge in [0.25, 0.3) is 0 Å². The van der Waals surface area contributed by atoms with Crippen LogP contribution in [-0.4, -0.2) is 14.5 Å². The zero-order valence-electron chi connectivity index (χ0n) is 11.8. The lowest BCUT2D eigenvalue weighted by Gasteiger charge is -2.12. The Balaban J connectivity index is 1.66. The van der Waals surface area contributed by atoms with Crippen LogP contribution in [0, 0.1) is 5.92 Å². The van der Waals surface area contributed by atoms with Crippen molar-refractivity contribution in [3.63, 3.8) is 0 Å². The normalized spacial score (nSPS) is 15.8. The summed E-state index contributed by atoms with van der Waals surface area (Å²) in [5, 5.41) is 0. The number of aryl methyl sites for hydroxylation is 1. The minimum Gasteiger partial charge on any atom is -0.383 e. The van der Waals surface area contributed by atoms with Crippen LogP contribution in [0.1, 0.15) is 38.5 Å². The van der Waals surface area contributed by atoms with Crippen LogP contribution < -0.4 is 5.73 Å². The highest BCUT2D eigenvalue weighted by Crippen LogP contribution is 2.29. The van der Waals surface area contributed by atoms with Crippen molar-refractivity contribution in [3.05, 3.63) is 30.9 Å². The predicted octanol–water partition coefficient (Wildman–Crippen LogP) is 3.50. The first kappa shape index (κ1) is 13.2. The third-order valence-corrected chi connectivity index (χ3v) is 4.31.